The van der Waals surface area contributed by atoms with Crippen molar-refractivity contribution in [2.24, 2.45) is 5.92 Å². The molecule has 2 aromatic carbocycles. The number of nitrogens with zero attached hydrogens (tertiary/aromatic N) is 1. The molecule has 2 aromatic rings. The van der Waals surface area contributed by atoms with Gasteiger partial charge in [0.25, 0.3) is 0 Å². The van der Waals surface area contributed by atoms with Gasteiger partial charge in [-0.05, 0) is 50.5 Å². The Morgan fingerprint density at radius 2 is 1.66 bits per heavy atom. The van der Waals surface area contributed by atoms with Crippen LogP contribution in [0.3, 0.4) is 0 Å². The predicted octanol–water partition coefficient (Wildman–Crippen LogP) is 3.01. The van der Waals surface area contributed by atoms with Crippen molar-refractivity contribution in [3.63, 3.8) is 0 Å². The molecule has 2 N–H and O–H groups in total. The molecule has 0 bridgehead atoms. The summed E-state index contributed by atoms with van der Waals surface area (Å²) in [7, 11) is -3.49. The number of carbonyl (C=O) groups is 1. The smallest absolute Gasteiger partial charge is 0.243 e. The van der Waals surface area contributed by atoms with Gasteiger partial charge in [-0.2, -0.15) is 4.31 Å². The third kappa shape index (κ3) is 5.81. The summed E-state index contributed by atoms with van der Waals surface area (Å²) in [5.41, 5.74) is 2.10. The summed E-state index contributed by atoms with van der Waals surface area (Å²) in [6.07, 6.45) is 1.94. The van der Waals surface area contributed by atoms with E-state index in [1.807, 2.05) is 37.3 Å². The number of hydrogen-bond donors (Lipinski definition) is 2. The number of aryl methyl sites for hydroxylation is 1. The summed E-state index contributed by atoms with van der Waals surface area (Å²) in [5.74, 6) is -0.0985. The second-order valence-electron chi connectivity index (χ2n) is 7.43. The first-order valence-electron chi connectivity index (χ1n) is 10.1. The zero-order valence-corrected chi connectivity index (χ0v) is 17.6. The predicted molar refractivity (Wildman–Crippen MR) is 115 cm³/mol. The summed E-state index contributed by atoms with van der Waals surface area (Å²) in [6, 6.07) is 16.9. The van der Waals surface area contributed by atoms with Crippen LogP contribution in [-0.2, 0) is 14.8 Å². The zero-order chi connectivity index (χ0) is 20.7. The minimum absolute atomic E-state index is 0.0251. The summed E-state index contributed by atoms with van der Waals surface area (Å²) in [6.45, 7) is 4.09. The molecule has 29 heavy (non-hydrogen) atoms. The molecule has 0 radical (unpaired) electrons. The number of benzene rings is 2. The molecule has 0 aliphatic carbocycles. The number of para-hydroxylation sites is 1. The van der Waals surface area contributed by atoms with Crippen molar-refractivity contribution in [3.8, 4) is 0 Å². The standard InChI is InChI=1S/C22H29N3O3S/c1-18-8-10-21(11-9-18)29(27,28)25-16-12-19(13-17-25)22(26)24-15-5-14-23-20-6-3-2-4-7-20/h2-4,6-11,19,23H,5,12-17H2,1H3,(H,24,26). The van der Waals surface area contributed by atoms with Gasteiger partial charge in [0.05, 0.1) is 4.90 Å². The Labute approximate surface area is 173 Å². The highest BCUT2D eigenvalue weighted by molar-refractivity contribution is 7.89. The second kappa shape index (κ2) is 9.89. The van der Waals surface area contributed by atoms with Crippen molar-refractivity contribution in [3.05, 3.63) is 60.2 Å². The number of piperidine rings is 1. The van der Waals surface area contributed by atoms with Gasteiger partial charge in [0.15, 0.2) is 0 Å². The van der Waals surface area contributed by atoms with E-state index in [1.165, 1.54) is 4.31 Å². The minimum Gasteiger partial charge on any atom is -0.385 e. The Kier molecular flexibility index (Phi) is 7.28. The first kappa shape index (κ1) is 21.3. The number of carbonyl (C=O) groups excluding carboxylic acids is 1. The normalized spacial score (nSPS) is 15.8. The van der Waals surface area contributed by atoms with E-state index in [9.17, 15) is 13.2 Å². The largest absolute Gasteiger partial charge is 0.385 e. The van der Waals surface area contributed by atoms with Crippen molar-refractivity contribution in [2.75, 3.05) is 31.5 Å². The maximum atomic E-state index is 12.8. The van der Waals surface area contributed by atoms with Gasteiger partial charge in [-0.25, -0.2) is 8.42 Å². The Bertz CT molecular complexity index is 891. The number of rotatable bonds is 8. The Balaban J connectivity index is 1.39. The molecular weight excluding hydrogens is 386 g/mol. The van der Waals surface area contributed by atoms with Crippen molar-refractivity contribution < 1.29 is 13.2 Å². The van der Waals surface area contributed by atoms with Gasteiger partial charge in [-0.15, -0.1) is 0 Å². The Morgan fingerprint density at radius 3 is 2.31 bits per heavy atom. The Morgan fingerprint density at radius 1 is 1.00 bits per heavy atom. The van der Waals surface area contributed by atoms with Crippen LogP contribution in [-0.4, -0.2) is 44.8 Å². The highest BCUT2D eigenvalue weighted by atomic mass is 32.2. The van der Waals surface area contributed by atoms with Crippen molar-refractivity contribution >= 4 is 21.6 Å². The van der Waals surface area contributed by atoms with Crippen LogP contribution in [0.25, 0.3) is 0 Å². The topological polar surface area (TPSA) is 78.5 Å². The fraction of sp³-hybridized carbons (Fsp3) is 0.409. The molecule has 0 saturated carbocycles. The van der Waals surface area contributed by atoms with Crippen LogP contribution in [0.4, 0.5) is 5.69 Å². The van der Waals surface area contributed by atoms with E-state index in [-0.39, 0.29) is 11.8 Å². The van der Waals surface area contributed by atoms with Gasteiger partial charge < -0.3 is 10.6 Å². The SMILES string of the molecule is Cc1ccc(S(=O)(=O)N2CCC(C(=O)NCCCNc3ccccc3)CC2)cc1. The highest BCUT2D eigenvalue weighted by Crippen LogP contribution is 2.24. The Hall–Kier alpha value is -2.38. The minimum atomic E-state index is -3.49. The molecule has 3 rings (SSSR count). The van der Waals surface area contributed by atoms with Gasteiger partial charge >= 0.3 is 0 Å². The van der Waals surface area contributed by atoms with E-state index < -0.39 is 10.0 Å². The molecular formula is C22H29N3O3S. The molecule has 6 nitrogen and oxygen atoms in total. The molecule has 1 amide bonds. The monoisotopic (exact) mass is 415 g/mol. The van der Waals surface area contributed by atoms with E-state index in [2.05, 4.69) is 10.6 Å². The van der Waals surface area contributed by atoms with Crippen LogP contribution < -0.4 is 10.6 Å². The molecule has 0 unspecified atom stereocenters. The number of amides is 1. The highest BCUT2D eigenvalue weighted by Gasteiger charge is 2.31. The quantitative estimate of drug-likeness (QED) is 0.650. The molecule has 156 valence electrons. The molecule has 1 aliphatic rings. The molecule has 7 heteroatoms. The van der Waals surface area contributed by atoms with Crippen LogP contribution in [0.2, 0.25) is 0 Å². The van der Waals surface area contributed by atoms with Crippen LogP contribution in [0.15, 0.2) is 59.5 Å². The van der Waals surface area contributed by atoms with Gasteiger partial charge in [0.2, 0.25) is 15.9 Å². The van der Waals surface area contributed by atoms with Gasteiger partial charge in [0.1, 0.15) is 0 Å². The van der Waals surface area contributed by atoms with Crippen molar-refractivity contribution in [2.45, 2.75) is 31.1 Å². The maximum absolute atomic E-state index is 12.8. The second-order valence-corrected chi connectivity index (χ2v) is 9.37. The van der Waals surface area contributed by atoms with Crippen LogP contribution in [0.1, 0.15) is 24.8 Å². The third-order valence-electron chi connectivity index (χ3n) is 5.24. The lowest BCUT2D eigenvalue weighted by Crippen LogP contribution is -2.43. The number of nitrogens with one attached hydrogen (secondary N) is 2. The fourth-order valence-corrected chi connectivity index (χ4v) is 4.92. The molecule has 1 heterocycles. The zero-order valence-electron chi connectivity index (χ0n) is 16.8. The lowest BCUT2D eigenvalue weighted by molar-refractivity contribution is -0.126. The van der Waals surface area contributed by atoms with Crippen molar-refractivity contribution in [1.29, 1.82) is 0 Å². The lowest BCUT2D eigenvalue weighted by Gasteiger charge is -2.30. The van der Waals surface area contributed by atoms with E-state index in [4.69, 9.17) is 0 Å². The van der Waals surface area contributed by atoms with Crippen LogP contribution in [0.5, 0.6) is 0 Å². The number of anilines is 1. The fourth-order valence-electron chi connectivity index (χ4n) is 3.45. The van der Waals surface area contributed by atoms with Gasteiger partial charge in [-0.3, -0.25) is 4.79 Å². The molecule has 0 spiro atoms. The number of hydrogen-bond acceptors (Lipinski definition) is 4. The summed E-state index contributed by atoms with van der Waals surface area (Å²) >= 11 is 0. The summed E-state index contributed by atoms with van der Waals surface area (Å²) in [4.78, 5) is 12.7. The van der Waals surface area contributed by atoms with Gasteiger partial charge in [-0.1, -0.05) is 35.9 Å². The molecule has 0 aromatic heterocycles. The molecule has 1 fully saturated rings. The summed E-state index contributed by atoms with van der Waals surface area (Å²) < 4.78 is 27.0. The first-order valence-corrected chi connectivity index (χ1v) is 11.5. The molecule has 1 aliphatic heterocycles. The van der Waals surface area contributed by atoms with Crippen molar-refractivity contribution in [1.82, 2.24) is 9.62 Å². The average Bonchev–Trinajstić information content (AvgIpc) is 2.74. The third-order valence-corrected chi connectivity index (χ3v) is 7.15. The number of sulfonamides is 1. The van der Waals surface area contributed by atoms with Crippen LogP contribution in [0, 0.1) is 12.8 Å². The maximum Gasteiger partial charge on any atom is 0.243 e. The van der Waals surface area contributed by atoms with E-state index in [1.54, 1.807) is 24.3 Å². The lowest BCUT2D eigenvalue weighted by atomic mass is 9.97. The molecule has 0 atom stereocenters. The van der Waals surface area contributed by atoms with Crippen LogP contribution >= 0.6 is 0 Å². The van der Waals surface area contributed by atoms with Gasteiger partial charge in [0, 0.05) is 37.8 Å². The average molecular weight is 416 g/mol. The van der Waals surface area contributed by atoms with E-state index in [0.717, 1.165) is 24.2 Å². The first-order chi connectivity index (χ1) is 14.0. The van der Waals surface area contributed by atoms with E-state index >= 15 is 0 Å². The summed E-state index contributed by atoms with van der Waals surface area (Å²) in [5, 5.41) is 6.30. The molecule has 1 saturated heterocycles. The van der Waals surface area contributed by atoms with E-state index in [0.29, 0.717) is 37.4 Å².